The van der Waals surface area contributed by atoms with Crippen LogP contribution in [0.2, 0.25) is 0 Å². The summed E-state index contributed by atoms with van der Waals surface area (Å²) in [7, 11) is 0. The maximum Gasteiger partial charge on any atom is 1.00 e. The third-order valence-corrected chi connectivity index (χ3v) is 7.58. The maximum atomic E-state index is 14.2. The van der Waals surface area contributed by atoms with E-state index in [0.717, 1.165) is 27.9 Å². The quantitative estimate of drug-likeness (QED) is 0.137. The van der Waals surface area contributed by atoms with Gasteiger partial charge in [-0.3, -0.25) is 9.59 Å². The first-order valence-corrected chi connectivity index (χ1v) is 14.8. The van der Waals surface area contributed by atoms with Gasteiger partial charge in [-0.15, -0.1) is 0 Å². The minimum Gasteiger partial charge on any atom is -1.00 e. The summed E-state index contributed by atoms with van der Waals surface area (Å²) in [6.45, 7) is 4.62. The largest absolute Gasteiger partial charge is 1.00 e. The number of carbonyl (C=O) groups excluding carboxylic acids is 1. The summed E-state index contributed by atoms with van der Waals surface area (Å²) in [5.41, 5.74) is 11.8. The second-order valence-corrected chi connectivity index (χ2v) is 11.3. The smallest absolute Gasteiger partial charge is 1.00 e. The number of carboxylic acids is 1. The van der Waals surface area contributed by atoms with Crippen molar-refractivity contribution in [2.24, 2.45) is 5.73 Å². The molecule has 0 unspecified atom stereocenters. The number of hydrogen-bond donors (Lipinski definition) is 5. The van der Waals surface area contributed by atoms with Gasteiger partial charge in [0.05, 0.1) is 18.6 Å². The van der Waals surface area contributed by atoms with E-state index in [1.807, 2.05) is 73.0 Å². The number of benzene rings is 3. The van der Waals surface area contributed by atoms with Crippen LogP contribution >= 0.6 is 0 Å². The van der Waals surface area contributed by atoms with Gasteiger partial charge in [0.15, 0.2) is 0 Å². The van der Waals surface area contributed by atoms with E-state index in [9.17, 15) is 24.2 Å². The fourth-order valence-corrected chi connectivity index (χ4v) is 5.64. The predicted octanol–water partition coefficient (Wildman–Crippen LogP) is 2.57. The first-order valence-electron chi connectivity index (χ1n) is 14.8. The summed E-state index contributed by atoms with van der Waals surface area (Å²) in [6.07, 6.45) is -2.19. The Bertz CT molecular complexity index is 1580. The molecular formula is C35H41FN3NaO5. The van der Waals surface area contributed by atoms with E-state index >= 15 is 0 Å². The average molecular weight is 626 g/mol. The number of aromatic nitrogens is 1. The number of aliphatic hydroxyl groups excluding tert-OH is 2. The van der Waals surface area contributed by atoms with Gasteiger partial charge in [-0.05, 0) is 67.5 Å². The van der Waals surface area contributed by atoms with Crippen LogP contribution in [0.5, 0.6) is 0 Å². The Hall–Kier alpha value is -3.31. The van der Waals surface area contributed by atoms with Gasteiger partial charge in [0.25, 0.3) is 5.91 Å². The Morgan fingerprint density at radius 3 is 2.18 bits per heavy atom. The molecule has 234 valence electrons. The number of aliphatic hydroxyl groups is 2. The number of nitrogens with two attached hydrogens (primary N) is 1. The zero-order valence-electron chi connectivity index (χ0n) is 27.0. The van der Waals surface area contributed by atoms with Crippen LogP contribution in [0, 0.1) is 5.82 Å². The number of halogens is 1. The molecular weight excluding hydrogens is 584 g/mol. The van der Waals surface area contributed by atoms with Crippen molar-refractivity contribution in [1.29, 1.82) is 0 Å². The molecule has 2 atom stereocenters. The Morgan fingerprint density at radius 1 is 0.911 bits per heavy atom. The number of carbonyl (C=O) groups is 2. The maximum absolute atomic E-state index is 14.2. The molecule has 0 radical (unpaired) electrons. The van der Waals surface area contributed by atoms with E-state index in [-0.39, 0.29) is 68.1 Å². The minimum atomic E-state index is -1.19. The van der Waals surface area contributed by atoms with Crippen LogP contribution in [-0.2, 0) is 24.3 Å². The molecule has 4 aromatic rings. The van der Waals surface area contributed by atoms with Crippen LogP contribution in [0.3, 0.4) is 0 Å². The number of amides is 1. The van der Waals surface area contributed by atoms with Gasteiger partial charge in [0, 0.05) is 36.0 Å². The molecule has 6 N–H and O–H groups in total. The molecule has 3 aromatic carbocycles. The van der Waals surface area contributed by atoms with Crippen LogP contribution in [0.1, 0.15) is 67.9 Å². The van der Waals surface area contributed by atoms with E-state index in [0.29, 0.717) is 29.8 Å². The summed E-state index contributed by atoms with van der Waals surface area (Å²) in [4.78, 5) is 25.2. The van der Waals surface area contributed by atoms with Gasteiger partial charge >= 0.3 is 35.5 Å². The summed E-state index contributed by atoms with van der Waals surface area (Å²) in [6, 6.07) is 23.2. The summed E-state index contributed by atoms with van der Waals surface area (Å²) in [5.74, 6) is -1.82. The van der Waals surface area contributed by atoms with Crippen molar-refractivity contribution in [2.75, 3.05) is 0 Å². The number of nitrogens with one attached hydrogen (secondary N) is 1. The Balaban J connectivity index is 0.00000368. The first kappa shape index (κ1) is 36.2. The number of hydrogen-bond acceptors (Lipinski definition) is 5. The van der Waals surface area contributed by atoms with Crippen LogP contribution in [0.15, 0.2) is 78.9 Å². The van der Waals surface area contributed by atoms with Crippen molar-refractivity contribution < 1.29 is 60.3 Å². The van der Waals surface area contributed by atoms with E-state index in [1.54, 1.807) is 12.1 Å². The summed E-state index contributed by atoms with van der Waals surface area (Å²) < 4.78 is 16.0. The first-order chi connectivity index (χ1) is 21.1. The molecule has 0 aliphatic heterocycles. The van der Waals surface area contributed by atoms with Gasteiger partial charge in [0.2, 0.25) is 0 Å². The molecule has 0 spiro atoms. The van der Waals surface area contributed by atoms with Gasteiger partial charge in [-0.2, -0.15) is 0 Å². The van der Waals surface area contributed by atoms with Gasteiger partial charge in [0.1, 0.15) is 11.5 Å². The van der Waals surface area contributed by atoms with Gasteiger partial charge < -0.3 is 32.4 Å². The SMILES string of the molecule is CC(C)n1c(CC[C@@H](O)C[C@@H](O)CC(=O)O)c(-c2ccc(F)cc2)c(-c2ccccc2)c1C(=O)NCc1cccc(CN)c1.[H-].[Na+]. The molecule has 0 aliphatic carbocycles. The molecule has 0 saturated carbocycles. The van der Waals surface area contributed by atoms with Crippen LogP contribution in [0.25, 0.3) is 22.3 Å². The van der Waals surface area contributed by atoms with Gasteiger partial charge in [-0.1, -0.05) is 66.7 Å². The third-order valence-electron chi connectivity index (χ3n) is 7.58. The fraction of sp³-hybridized carbons (Fsp3) is 0.314. The zero-order valence-corrected chi connectivity index (χ0v) is 28.0. The summed E-state index contributed by atoms with van der Waals surface area (Å²) in [5, 5.41) is 33.0. The average Bonchev–Trinajstić information content (AvgIpc) is 3.35. The van der Waals surface area contributed by atoms with E-state index < -0.39 is 24.6 Å². The molecule has 4 rings (SSSR count). The van der Waals surface area contributed by atoms with Crippen molar-refractivity contribution in [3.8, 4) is 22.3 Å². The molecule has 1 amide bonds. The molecule has 0 bridgehead atoms. The van der Waals surface area contributed by atoms with Crippen molar-refractivity contribution in [1.82, 2.24) is 9.88 Å². The Labute approximate surface area is 286 Å². The van der Waals surface area contributed by atoms with Crippen molar-refractivity contribution >= 4 is 11.9 Å². The van der Waals surface area contributed by atoms with Crippen molar-refractivity contribution in [3.63, 3.8) is 0 Å². The van der Waals surface area contributed by atoms with Crippen LogP contribution < -0.4 is 40.6 Å². The Morgan fingerprint density at radius 2 is 1.56 bits per heavy atom. The zero-order chi connectivity index (χ0) is 31.8. The predicted molar refractivity (Wildman–Crippen MR) is 169 cm³/mol. The number of carboxylic acid groups (broad SMARTS) is 1. The fourth-order valence-electron chi connectivity index (χ4n) is 5.64. The number of aliphatic carboxylic acids is 1. The monoisotopic (exact) mass is 625 g/mol. The molecule has 0 fully saturated rings. The van der Waals surface area contributed by atoms with E-state index in [4.69, 9.17) is 10.8 Å². The van der Waals surface area contributed by atoms with E-state index in [2.05, 4.69) is 5.32 Å². The van der Waals surface area contributed by atoms with E-state index in [1.165, 1.54) is 12.1 Å². The number of rotatable bonds is 14. The second kappa shape index (κ2) is 16.8. The molecule has 10 heteroatoms. The minimum absolute atomic E-state index is 0. The molecule has 0 aliphatic rings. The topological polar surface area (TPSA) is 138 Å². The Kier molecular flexibility index (Phi) is 13.5. The third kappa shape index (κ3) is 9.36. The molecule has 1 aromatic heterocycles. The van der Waals surface area contributed by atoms with Crippen LogP contribution in [0.4, 0.5) is 4.39 Å². The van der Waals surface area contributed by atoms with Gasteiger partial charge in [-0.25, -0.2) is 4.39 Å². The standard InChI is InChI=1S/C35H40FN3O5.Na.H/c1-22(2)39-30(16-15-28(40)18-29(41)19-31(42)43)32(26-11-13-27(36)14-12-26)33(25-9-4-3-5-10-25)34(39)35(44)38-21-24-8-6-7-23(17-24)20-37;;/h3-14,17,22,28-29,40-41H,15-16,18-21,37H2,1-2H3,(H,38,44)(H,42,43);;/q;+1;-1/t28-,29-;;/m1../s1. The normalized spacial score (nSPS) is 12.4. The number of nitrogens with zero attached hydrogens (tertiary/aromatic N) is 1. The van der Waals surface area contributed by atoms with Crippen molar-refractivity contribution in [3.05, 3.63) is 107 Å². The van der Waals surface area contributed by atoms with Crippen molar-refractivity contribution in [2.45, 2.75) is 70.9 Å². The second-order valence-electron chi connectivity index (χ2n) is 11.3. The molecule has 0 saturated heterocycles. The summed E-state index contributed by atoms with van der Waals surface area (Å²) >= 11 is 0. The molecule has 45 heavy (non-hydrogen) atoms. The molecule has 8 nitrogen and oxygen atoms in total. The molecule has 1 heterocycles. The van der Waals surface area contributed by atoms with Crippen LogP contribution in [-0.4, -0.2) is 44.0 Å².